The van der Waals surface area contributed by atoms with E-state index >= 15 is 0 Å². The third-order valence-electron chi connectivity index (χ3n) is 2.90. The standard InChI is InChI=1S/C16H15ClO2/c1-3-12-4-7-14(8-5-12)19-16-9-6-13(11(2)18)10-15(16)17/h4-10H,3H2,1-2H3. The number of aryl methyl sites for hydroxylation is 1. The smallest absolute Gasteiger partial charge is 0.159 e. The van der Waals surface area contributed by atoms with Gasteiger partial charge in [0.25, 0.3) is 0 Å². The number of halogens is 1. The van der Waals surface area contributed by atoms with E-state index in [2.05, 4.69) is 6.92 Å². The van der Waals surface area contributed by atoms with Gasteiger partial charge in [0.05, 0.1) is 5.02 Å². The second kappa shape index (κ2) is 5.89. The average molecular weight is 275 g/mol. The van der Waals surface area contributed by atoms with Crippen molar-refractivity contribution in [2.45, 2.75) is 20.3 Å². The van der Waals surface area contributed by atoms with Crippen molar-refractivity contribution in [1.29, 1.82) is 0 Å². The second-order valence-electron chi connectivity index (χ2n) is 4.30. The van der Waals surface area contributed by atoms with Crippen molar-refractivity contribution < 1.29 is 9.53 Å². The Hall–Kier alpha value is -1.80. The van der Waals surface area contributed by atoms with Crippen LogP contribution in [0.1, 0.15) is 29.8 Å². The number of benzene rings is 2. The molecule has 2 rings (SSSR count). The lowest BCUT2D eigenvalue weighted by molar-refractivity contribution is 0.101. The zero-order valence-electron chi connectivity index (χ0n) is 10.9. The minimum Gasteiger partial charge on any atom is -0.456 e. The Bertz CT molecular complexity index is 588. The van der Waals surface area contributed by atoms with E-state index in [4.69, 9.17) is 16.3 Å². The minimum absolute atomic E-state index is 0.0132. The topological polar surface area (TPSA) is 26.3 Å². The average Bonchev–Trinajstić information content (AvgIpc) is 2.41. The molecule has 0 fully saturated rings. The molecule has 2 nitrogen and oxygen atoms in total. The maximum absolute atomic E-state index is 11.2. The van der Waals surface area contributed by atoms with E-state index in [1.165, 1.54) is 12.5 Å². The maximum Gasteiger partial charge on any atom is 0.159 e. The van der Waals surface area contributed by atoms with Gasteiger partial charge in [-0.05, 0) is 49.2 Å². The summed E-state index contributed by atoms with van der Waals surface area (Å²) in [4.78, 5) is 11.2. The molecule has 0 aromatic heterocycles. The number of carbonyl (C=O) groups excluding carboxylic acids is 1. The van der Waals surface area contributed by atoms with Crippen molar-refractivity contribution in [2.24, 2.45) is 0 Å². The molecule has 0 saturated heterocycles. The van der Waals surface area contributed by atoms with Crippen molar-refractivity contribution >= 4 is 17.4 Å². The van der Waals surface area contributed by atoms with Gasteiger partial charge in [-0.1, -0.05) is 30.7 Å². The second-order valence-corrected chi connectivity index (χ2v) is 4.71. The van der Waals surface area contributed by atoms with Gasteiger partial charge in [-0.15, -0.1) is 0 Å². The van der Waals surface area contributed by atoms with Gasteiger partial charge in [0.2, 0.25) is 0 Å². The summed E-state index contributed by atoms with van der Waals surface area (Å²) >= 11 is 6.10. The molecule has 0 bridgehead atoms. The van der Waals surface area contributed by atoms with Gasteiger partial charge in [0, 0.05) is 5.56 Å². The first-order chi connectivity index (χ1) is 9.10. The van der Waals surface area contributed by atoms with Gasteiger partial charge in [0.1, 0.15) is 11.5 Å². The Balaban J connectivity index is 2.20. The normalized spacial score (nSPS) is 10.3. The van der Waals surface area contributed by atoms with Gasteiger partial charge in [-0.25, -0.2) is 0 Å². The van der Waals surface area contributed by atoms with Crippen LogP contribution in [0.3, 0.4) is 0 Å². The first kappa shape index (κ1) is 13.6. The third-order valence-corrected chi connectivity index (χ3v) is 3.19. The molecule has 0 unspecified atom stereocenters. The molecule has 0 saturated carbocycles. The first-order valence-electron chi connectivity index (χ1n) is 6.17. The highest BCUT2D eigenvalue weighted by Crippen LogP contribution is 2.30. The molecule has 19 heavy (non-hydrogen) atoms. The zero-order valence-corrected chi connectivity index (χ0v) is 11.7. The lowest BCUT2D eigenvalue weighted by atomic mass is 10.1. The van der Waals surface area contributed by atoms with Crippen LogP contribution in [0.25, 0.3) is 0 Å². The Morgan fingerprint density at radius 1 is 1.16 bits per heavy atom. The SMILES string of the molecule is CCc1ccc(Oc2ccc(C(C)=O)cc2Cl)cc1. The number of ether oxygens (including phenoxy) is 1. The van der Waals surface area contributed by atoms with Crippen LogP contribution in [-0.4, -0.2) is 5.78 Å². The fourth-order valence-electron chi connectivity index (χ4n) is 1.72. The Kier molecular flexibility index (Phi) is 4.23. The first-order valence-corrected chi connectivity index (χ1v) is 6.55. The van der Waals surface area contributed by atoms with Crippen molar-refractivity contribution in [3.05, 3.63) is 58.6 Å². The van der Waals surface area contributed by atoms with Gasteiger partial charge < -0.3 is 4.74 Å². The molecule has 0 aliphatic rings. The van der Waals surface area contributed by atoms with E-state index in [-0.39, 0.29) is 5.78 Å². The summed E-state index contributed by atoms with van der Waals surface area (Å²) in [5, 5.41) is 0.437. The Morgan fingerprint density at radius 3 is 2.37 bits per heavy atom. The Morgan fingerprint density at radius 2 is 1.84 bits per heavy atom. The highest BCUT2D eigenvalue weighted by molar-refractivity contribution is 6.32. The van der Waals surface area contributed by atoms with Crippen LogP contribution in [-0.2, 0) is 6.42 Å². The maximum atomic E-state index is 11.2. The van der Waals surface area contributed by atoms with Crippen LogP contribution in [0.5, 0.6) is 11.5 Å². The molecular weight excluding hydrogens is 260 g/mol. The number of carbonyl (C=O) groups is 1. The fraction of sp³-hybridized carbons (Fsp3) is 0.188. The largest absolute Gasteiger partial charge is 0.456 e. The van der Waals surface area contributed by atoms with Gasteiger partial charge in [-0.3, -0.25) is 4.79 Å². The molecule has 0 aliphatic heterocycles. The van der Waals surface area contributed by atoms with Gasteiger partial charge in [-0.2, -0.15) is 0 Å². The number of ketones is 1. The predicted molar refractivity (Wildman–Crippen MR) is 77.4 cm³/mol. The number of hydrogen-bond acceptors (Lipinski definition) is 2. The summed E-state index contributed by atoms with van der Waals surface area (Å²) in [6.07, 6.45) is 0.994. The molecule has 0 atom stereocenters. The number of Topliss-reactive ketones (excluding diaryl/α,β-unsaturated/α-hetero) is 1. The summed E-state index contributed by atoms with van der Waals surface area (Å²) in [6, 6.07) is 12.9. The van der Waals surface area contributed by atoms with E-state index < -0.39 is 0 Å². The Labute approximate surface area is 118 Å². The van der Waals surface area contributed by atoms with Crippen molar-refractivity contribution in [3.8, 4) is 11.5 Å². The van der Waals surface area contributed by atoms with Crippen LogP contribution in [0, 0.1) is 0 Å². The molecular formula is C16H15ClO2. The number of rotatable bonds is 4. The van der Waals surface area contributed by atoms with E-state index in [9.17, 15) is 4.79 Å². The van der Waals surface area contributed by atoms with E-state index in [1.807, 2.05) is 24.3 Å². The van der Waals surface area contributed by atoms with Crippen molar-refractivity contribution in [2.75, 3.05) is 0 Å². The predicted octanol–water partition coefficient (Wildman–Crippen LogP) is 4.90. The lowest BCUT2D eigenvalue weighted by Gasteiger charge is -2.09. The van der Waals surface area contributed by atoms with E-state index in [0.717, 1.165) is 12.2 Å². The molecule has 2 aromatic rings. The van der Waals surface area contributed by atoms with Gasteiger partial charge in [0.15, 0.2) is 5.78 Å². The molecule has 0 spiro atoms. The molecule has 0 amide bonds. The van der Waals surface area contributed by atoms with Crippen LogP contribution in [0.4, 0.5) is 0 Å². The molecule has 0 heterocycles. The van der Waals surface area contributed by atoms with Crippen LogP contribution in [0.2, 0.25) is 5.02 Å². The summed E-state index contributed by atoms with van der Waals surface area (Å²) in [5.74, 6) is 1.27. The van der Waals surface area contributed by atoms with Gasteiger partial charge >= 0.3 is 0 Å². The minimum atomic E-state index is -0.0132. The third kappa shape index (κ3) is 3.36. The highest BCUT2D eigenvalue weighted by Gasteiger charge is 2.07. The van der Waals surface area contributed by atoms with Crippen molar-refractivity contribution in [3.63, 3.8) is 0 Å². The van der Waals surface area contributed by atoms with Crippen molar-refractivity contribution in [1.82, 2.24) is 0 Å². The molecule has 2 aromatic carbocycles. The van der Waals surface area contributed by atoms with E-state index in [0.29, 0.717) is 16.3 Å². The lowest BCUT2D eigenvalue weighted by Crippen LogP contribution is -1.93. The molecule has 98 valence electrons. The summed E-state index contributed by atoms with van der Waals surface area (Å²) in [5.41, 5.74) is 1.84. The van der Waals surface area contributed by atoms with Crippen LogP contribution in [0.15, 0.2) is 42.5 Å². The quantitative estimate of drug-likeness (QED) is 0.742. The monoisotopic (exact) mass is 274 g/mol. The van der Waals surface area contributed by atoms with Crippen LogP contribution >= 0.6 is 11.6 Å². The fourth-order valence-corrected chi connectivity index (χ4v) is 1.94. The zero-order chi connectivity index (χ0) is 13.8. The summed E-state index contributed by atoms with van der Waals surface area (Å²) < 4.78 is 5.70. The van der Waals surface area contributed by atoms with E-state index in [1.54, 1.807) is 18.2 Å². The molecule has 3 heteroatoms. The highest BCUT2D eigenvalue weighted by atomic mass is 35.5. The summed E-state index contributed by atoms with van der Waals surface area (Å²) in [6.45, 7) is 3.61. The molecule has 0 N–H and O–H groups in total. The molecule has 0 aliphatic carbocycles. The molecule has 0 radical (unpaired) electrons. The van der Waals surface area contributed by atoms with Crippen LogP contribution < -0.4 is 4.74 Å². The summed E-state index contributed by atoms with van der Waals surface area (Å²) in [7, 11) is 0. The number of hydrogen-bond donors (Lipinski definition) is 0.